The van der Waals surface area contributed by atoms with E-state index in [0.717, 1.165) is 29.2 Å². The Hall–Kier alpha value is -2.65. The zero-order chi connectivity index (χ0) is 26.4. The molecule has 3 atom stereocenters. The maximum Gasteiger partial charge on any atom is 0.416 e. The second-order valence-electron chi connectivity index (χ2n) is 9.58. The molecular formula is C24H33F4NO5. The van der Waals surface area contributed by atoms with Gasteiger partial charge in [0.1, 0.15) is 11.7 Å². The van der Waals surface area contributed by atoms with Crippen molar-refractivity contribution in [1.29, 1.82) is 0 Å². The van der Waals surface area contributed by atoms with E-state index in [1.54, 1.807) is 13.8 Å². The summed E-state index contributed by atoms with van der Waals surface area (Å²) in [5.41, 5.74) is -2.27. The first-order valence-corrected chi connectivity index (χ1v) is 11.0. The number of carboxylic acids is 1. The SMILES string of the molecule is CC(C)CC(C(=O)O)N(C)C(=O)C(Cc1ccc(C(F)(F)F)cc1)OC(=O)C(C)CC(C)(C)F. The third-order valence-corrected chi connectivity index (χ3v) is 5.23. The van der Waals surface area contributed by atoms with Gasteiger partial charge in [-0.3, -0.25) is 9.59 Å². The minimum Gasteiger partial charge on any atom is -0.480 e. The van der Waals surface area contributed by atoms with Crippen molar-refractivity contribution in [2.24, 2.45) is 11.8 Å². The quantitative estimate of drug-likeness (QED) is 0.352. The van der Waals surface area contributed by atoms with Crippen LogP contribution >= 0.6 is 0 Å². The molecule has 0 aliphatic heterocycles. The normalized spacial score (nSPS) is 14.9. The Bertz CT molecular complexity index is 846. The molecule has 0 radical (unpaired) electrons. The predicted octanol–water partition coefficient (Wildman–Crippen LogP) is 4.89. The van der Waals surface area contributed by atoms with Crippen LogP contribution in [0.5, 0.6) is 0 Å². The summed E-state index contributed by atoms with van der Waals surface area (Å²) in [5.74, 6) is -3.87. The molecule has 6 nitrogen and oxygen atoms in total. The number of carbonyl (C=O) groups excluding carboxylic acids is 2. The molecule has 0 saturated carbocycles. The molecule has 0 saturated heterocycles. The molecule has 10 heteroatoms. The summed E-state index contributed by atoms with van der Waals surface area (Å²) < 4.78 is 57.9. The van der Waals surface area contributed by atoms with E-state index in [0.29, 0.717) is 0 Å². The molecule has 0 bridgehead atoms. The lowest BCUT2D eigenvalue weighted by Crippen LogP contribution is -2.49. The Morgan fingerprint density at radius 3 is 1.97 bits per heavy atom. The number of halogens is 4. The third-order valence-electron chi connectivity index (χ3n) is 5.23. The number of esters is 1. The Balaban J connectivity index is 3.21. The Morgan fingerprint density at radius 1 is 1.03 bits per heavy atom. The van der Waals surface area contributed by atoms with Crippen molar-refractivity contribution in [3.8, 4) is 0 Å². The summed E-state index contributed by atoms with van der Waals surface area (Å²) in [6, 6.07) is 2.82. The molecule has 1 aromatic rings. The van der Waals surface area contributed by atoms with Gasteiger partial charge >= 0.3 is 18.1 Å². The zero-order valence-corrected chi connectivity index (χ0v) is 20.3. The molecule has 0 aliphatic carbocycles. The van der Waals surface area contributed by atoms with Crippen molar-refractivity contribution >= 4 is 17.8 Å². The molecule has 1 amide bonds. The van der Waals surface area contributed by atoms with Crippen LogP contribution in [0.4, 0.5) is 17.6 Å². The van der Waals surface area contributed by atoms with E-state index in [1.165, 1.54) is 27.8 Å². The highest BCUT2D eigenvalue weighted by molar-refractivity contribution is 5.88. The summed E-state index contributed by atoms with van der Waals surface area (Å²) in [5, 5.41) is 9.57. The second-order valence-corrected chi connectivity index (χ2v) is 9.58. The molecule has 0 aliphatic rings. The number of alkyl halides is 4. The average molecular weight is 492 g/mol. The number of hydrogen-bond donors (Lipinski definition) is 1. The first kappa shape index (κ1) is 29.4. The van der Waals surface area contributed by atoms with Gasteiger partial charge in [0.05, 0.1) is 11.5 Å². The fourth-order valence-electron chi connectivity index (χ4n) is 3.54. The average Bonchev–Trinajstić information content (AvgIpc) is 2.68. The van der Waals surface area contributed by atoms with E-state index >= 15 is 0 Å². The lowest BCUT2D eigenvalue weighted by molar-refractivity contribution is -0.166. The molecule has 1 aromatic carbocycles. The highest BCUT2D eigenvalue weighted by atomic mass is 19.4. The Labute approximate surface area is 197 Å². The third kappa shape index (κ3) is 9.30. The number of amides is 1. The maximum atomic E-state index is 14.0. The Morgan fingerprint density at radius 2 is 1.56 bits per heavy atom. The highest BCUT2D eigenvalue weighted by Crippen LogP contribution is 2.29. The summed E-state index contributed by atoms with van der Waals surface area (Å²) in [7, 11) is 1.27. The van der Waals surface area contributed by atoms with Crippen molar-refractivity contribution in [3.63, 3.8) is 0 Å². The van der Waals surface area contributed by atoms with Crippen LogP contribution in [0.2, 0.25) is 0 Å². The minimum absolute atomic E-state index is 0.0564. The summed E-state index contributed by atoms with van der Waals surface area (Å²) in [4.78, 5) is 38.5. The van der Waals surface area contributed by atoms with E-state index in [1.807, 2.05) is 0 Å². The molecule has 1 rings (SSSR count). The summed E-state index contributed by atoms with van der Waals surface area (Å²) >= 11 is 0. The van der Waals surface area contributed by atoms with Crippen LogP contribution in [0.1, 0.15) is 58.6 Å². The largest absolute Gasteiger partial charge is 0.480 e. The van der Waals surface area contributed by atoms with Gasteiger partial charge in [0, 0.05) is 13.5 Å². The minimum atomic E-state index is -4.54. The van der Waals surface area contributed by atoms with Gasteiger partial charge in [0.15, 0.2) is 6.10 Å². The smallest absolute Gasteiger partial charge is 0.416 e. The van der Waals surface area contributed by atoms with Crippen molar-refractivity contribution in [2.45, 2.75) is 77.9 Å². The molecule has 0 spiro atoms. The van der Waals surface area contributed by atoms with Crippen LogP contribution in [0.3, 0.4) is 0 Å². The Kier molecular flexibility index (Phi) is 10.1. The standard InChI is InChI=1S/C24H33F4NO5/c1-14(2)11-18(21(31)32)29(6)20(30)19(34-22(33)15(3)13-23(4,5)25)12-16-7-9-17(10-8-16)24(26,27)28/h7-10,14-15,18-19H,11-13H2,1-6H3,(H,31,32). The van der Waals surface area contributed by atoms with Crippen molar-refractivity contribution in [1.82, 2.24) is 4.90 Å². The van der Waals surface area contributed by atoms with E-state index in [2.05, 4.69) is 0 Å². The lowest BCUT2D eigenvalue weighted by Gasteiger charge is -2.30. The van der Waals surface area contributed by atoms with E-state index in [9.17, 15) is 37.1 Å². The maximum absolute atomic E-state index is 14.0. The van der Waals surface area contributed by atoms with E-state index in [4.69, 9.17) is 4.74 Å². The molecule has 0 fully saturated rings. The van der Waals surface area contributed by atoms with Gasteiger partial charge in [-0.05, 0) is 50.3 Å². The van der Waals surface area contributed by atoms with Gasteiger partial charge < -0.3 is 14.7 Å². The number of hydrogen-bond acceptors (Lipinski definition) is 4. The number of carbonyl (C=O) groups is 3. The zero-order valence-electron chi connectivity index (χ0n) is 20.3. The first-order valence-electron chi connectivity index (χ1n) is 11.0. The molecule has 3 unspecified atom stereocenters. The van der Waals surface area contributed by atoms with Crippen LogP contribution in [-0.2, 0) is 31.7 Å². The summed E-state index contributed by atoms with van der Waals surface area (Å²) in [6.07, 6.45) is -6.33. The van der Waals surface area contributed by atoms with Gasteiger partial charge in [-0.1, -0.05) is 32.9 Å². The fourth-order valence-corrected chi connectivity index (χ4v) is 3.54. The number of rotatable bonds is 11. The number of nitrogens with zero attached hydrogens (tertiary/aromatic N) is 1. The number of carboxylic acid groups (broad SMARTS) is 1. The van der Waals surface area contributed by atoms with Gasteiger partial charge in [-0.2, -0.15) is 13.2 Å². The van der Waals surface area contributed by atoms with E-state index < -0.39 is 53.3 Å². The van der Waals surface area contributed by atoms with Crippen molar-refractivity contribution < 1.29 is 41.8 Å². The molecular weight excluding hydrogens is 458 g/mol. The van der Waals surface area contributed by atoms with Crippen molar-refractivity contribution in [2.75, 3.05) is 7.05 Å². The van der Waals surface area contributed by atoms with Gasteiger partial charge in [-0.15, -0.1) is 0 Å². The van der Waals surface area contributed by atoms with Gasteiger partial charge in [0.25, 0.3) is 5.91 Å². The predicted molar refractivity (Wildman–Crippen MR) is 118 cm³/mol. The molecule has 34 heavy (non-hydrogen) atoms. The van der Waals surface area contributed by atoms with Crippen LogP contribution in [0.15, 0.2) is 24.3 Å². The van der Waals surface area contributed by atoms with Gasteiger partial charge in [-0.25, -0.2) is 9.18 Å². The van der Waals surface area contributed by atoms with Crippen LogP contribution in [-0.4, -0.2) is 52.7 Å². The second kappa shape index (κ2) is 11.7. The van der Waals surface area contributed by atoms with Crippen LogP contribution < -0.4 is 0 Å². The summed E-state index contributed by atoms with van der Waals surface area (Å²) in [6.45, 7) is 7.59. The molecule has 0 aromatic heterocycles. The van der Waals surface area contributed by atoms with Crippen LogP contribution in [0.25, 0.3) is 0 Å². The number of aliphatic carboxylic acids is 1. The number of likely N-dealkylation sites (N-methyl/N-ethyl adjacent to an activating group) is 1. The topological polar surface area (TPSA) is 83.9 Å². The molecule has 0 heterocycles. The molecule has 192 valence electrons. The van der Waals surface area contributed by atoms with Gasteiger partial charge in [0.2, 0.25) is 0 Å². The van der Waals surface area contributed by atoms with Crippen molar-refractivity contribution in [3.05, 3.63) is 35.4 Å². The number of ether oxygens (including phenoxy) is 1. The number of benzene rings is 1. The first-order chi connectivity index (χ1) is 15.4. The monoisotopic (exact) mass is 491 g/mol. The highest BCUT2D eigenvalue weighted by Gasteiger charge is 2.36. The fraction of sp³-hybridized carbons (Fsp3) is 0.625. The molecule has 1 N–H and O–H groups in total. The lowest BCUT2D eigenvalue weighted by atomic mass is 9.96. The van der Waals surface area contributed by atoms with Crippen LogP contribution in [0, 0.1) is 11.8 Å². The van der Waals surface area contributed by atoms with E-state index in [-0.39, 0.29) is 30.7 Å².